The Morgan fingerprint density at radius 2 is 2.21 bits per heavy atom. The van der Waals surface area contributed by atoms with Crippen LogP contribution in [0.15, 0.2) is 24.3 Å². The Hall–Kier alpha value is -1.88. The number of carbonyl (C=O) groups excluding carboxylic acids is 1. The van der Waals surface area contributed by atoms with Crippen molar-refractivity contribution in [1.29, 1.82) is 0 Å². The number of hydrogen-bond donors (Lipinski definition) is 2. The number of nitrogens with two attached hydrogens (primary N) is 1. The number of carbonyl (C=O) groups is 1. The zero-order chi connectivity index (χ0) is 13.8. The minimum atomic E-state index is -0.101. The van der Waals surface area contributed by atoms with E-state index in [1.807, 2.05) is 38.1 Å². The highest BCUT2D eigenvalue weighted by atomic mass is 16.1. The van der Waals surface area contributed by atoms with Crippen LogP contribution in [0.1, 0.15) is 19.2 Å². The molecule has 5 heteroatoms. The van der Waals surface area contributed by atoms with Crippen molar-refractivity contribution in [2.24, 2.45) is 5.73 Å². The molecule has 1 amide bonds. The van der Waals surface area contributed by atoms with Crippen LogP contribution >= 0.6 is 0 Å². The Bertz CT molecular complexity index is 574. The summed E-state index contributed by atoms with van der Waals surface area (Å²) in [6, 6.07) is 7.90. The van der Waals surface area contributed by atoms with Gasteiger partial charge >= 0.3 is 0 Å². The predicted molar refractivity (Wildman–Crippen MR) is 75.7 cm³/mol. The Balaban J connectivity index is 1.98. The summed E-state index contributed by atoms with van der Waals surface area (Å²) in [6.07, 6.45) is 0.365. The van der Waals surface area contributed by atoms with Crippen LogP contribution in [0.5, 0.6) is 0 Å². The molecule has 0 aliphatic heterocycles. The average molecular weight is 260 g/mol. The first-order valence-corrected chi connectivity index (χ1v) is 6.52. The van der Waals surface area contributed by atoms with Crippen LogP contribution in [-0.4, -0.2) is 28.0 Å². The summed E-state index contributed by atoms with van der Waals surface area (Å²) < 4.78 is 2.11. The lowest BCUT2D eigenvalue weighted by Crippen LogP contribution is -2.32. The summed E-state index contributed by atoms with van der Waals surface area (Å²) in [7, 11) is 0. The van der Waals surface area contributed by atoms with Gasteiger partial charge in [0.2, 0.25) is 5.91 Å². The Labute approximate surface area is 112 Å². The first kappa shape index (κ1) is 13.5. The second kappa shape index (κ2) is 5.84. The number of para-hydroxylation sites is 2. The number of rotatable bonds is 5. The van der Waals surface area contributed by atoms with Gasteiger partial charge in [-0.1, -0.05) is 12.1 Å². The zero-order valence-electron chi connectivity index (χ0n) is 11.4. The number of fused-ring (bicyclic) bond motifs is 1. The molecule has 0 saturated heterocycles. The number of nitrogens with one attached hydrogen (secondary N) is 1. The molecule has 0 aliphatic carbocycles. The van der Waals surface area contributed by atoms with E-state index < -0.39 is 0 Å². The number of amides is 1. The monoisotopic (exact) mass is 260 g/mol. The second-order valence-corrected chi connectivity index (χ2v) is 4.83. The molecule has 5 nitrogen and oxygen atoms in total. The molecule has 0 fully saturated rings. The summed E-state index contributed by atoms with van der Waals surface area (Å²) in [6.45, 7) is 5.11. The van der Waals surface area contributed by atoms with E-state index in [1.54, 1.807) is 0 Å². The van der Waals surface area contributed by atoms with Crippen molar-refractivity contribution in [3.63, 3.8) is 0 Å². The zero-order valence-corrected chi connectivity index (χ0v) is 11.4. The van der Waals surface area contributed by atoms with Gasteiger partial charge in [-0.05, 0) is 26.0 Å². The molecule has 0 spiro atoms. The lowest BCUT2D eigenvalue weighted by Gasteiger charge is -2.09. The van der Waals surface area contributed by atoms with Crippen molar-refractivity contribution in [3.8, 4) is 0 Å². The van der Waals surface area contributed by atoms with Crippen LogP contribution in [0.4, 0.5) is 0 Å². The molecule has 1 aromatic carbocycles. The van der Waals surface area contributed by atoms with Crippen LogP contribution in [-0.2, 0) is 11.3 Å². The predicted octanol–water partition coefficient (Wildman–Crippen LogP) is 1.20. The molecule has 1 heterocycles. The fourth-order valence-corrected chi connectivity index (χ4v) is 2.15. The molecule has 0 bridgehead atoms. The molecule has 0 radical (unpaired) electrons. The van der Waals surface area contributed by atoms with Crippen LogP contribution in [0, 0.1) is 6.92 Å². The number of nitrogens with zero attached hydrogens (tertiary/aromatic N) is 2. The van der Waals surface area contributed by atoms with Gasteiger partial charge in [-0.2, -0.15) is 0 Å². The first-order valence-electron chi connectivity index (χ1n) is 6.52. The highest BCUT2D eigenvalue weighted by Crippen LogP contribution is 2.14. The molecule has 102 valence electrons. The van der Waals surface area contributed by atoms with Gasteiger partial charge in [0.05, 0.1) is 11.0 Å². The molecule has 2 aromatic rings. The summed E-state index contributed by atoms with van der Waals surface area (Å²) in [5.41, 5.74) is 7.67. The smallest absolute Gasteiger partial charge is 0.221 e. The average Bonchev–Trinajstić information content (AvgIpc) is 2.65. The molecule has 0 aliphatic rings. The van der Waals surface area contributed by atoms with Crippen LogP contribution < -0.4 is 11.1 Å². The summed E-state index contributed by atoms with van der Waals surface area (Å²) in [4.78, 5) is 16.0. The molecule has 0 saturated carbocycles. The van der Waals surface area contributed by atoms with Crippen LogP contribution in [0.2, 0.25) is 0 Å². The van der Waals surface area contributed by atoms with Crippen molar-refractivity contribution < 1.29 is 4.79 Å². The van der Waals surface area contributed by atoms with Gasteiger partial charge < -0.3 is 15.6 Å². The molecule has 1 aromatic heterocycles. The van der Waals surface area contributed by atoms with Gasteiger partial charge in [-0.15, -0.1) is 0 Å². The van der Waals surface area contributed by atoms with Crippen molar-refractivity contribution in [3.05, 3.63) is 30.1 Å². The maximum absolute atomic E-state index is 11.5. The number of benzene rings is 1. The maximum Gasteiger partial charge on any atom is 0.221 e. The quantitative estimate of drug-likeness (QED) is 0.848. The Kier molecular flexibility index (Phi) is 4.16. The van der Waals surface area contributed by atoms with Gasteiger partial charge in [0, 0.05) is 25.6 Å². The third kappa shape index (κ3) is 3.32. The summed E-state index contributed by atoms with van der Waals surface area (Å²) in [5.74, 6) is 0.958. The highest BCUT2D eigenvalue weighted by Gasteiger charge is 2.07. The van der Waals surface area contributed by atoms with Crippen molar-refractivity contribution in [2.45, 2.75) is 32.9 Å². The fourth-order valence-electron chi connectivity index (χ4n) is 2.15. The molecular weight excluding hydrogens is 240 g/mol. The standard InChI is InChI=1S/C14H20N4O/c1-10(15)9-14(19)16-7-8-18-11(2)17-12-5-3-4-6-13(12)18/h3-6,10H,7-9,15H2,1-2H3,(H,16,19). The number of aromatic nitrogens is 2. The van der Waals surface area contributed by atoms with E-state index in [0.29, 0.717) is 13.0 Å². The van der Waals surface area contributed by atoms with Crippen molar-refractivity contribution >= 4 is 16.9 Å². The number of imidazole rings is 1. The fraction of sp³-hybridized carbons (Fsp3) is 0.429. The van der Waals surface area contributed by atoms with E-state index in [-0.39, 0.29) is 11.9 Å². The third-order valence-electron chi connectivity index (χ3n) is 3.01. The molecule has 19 heavy (non-hydrogen) atoms. The number of hydrogen-bond acceptors (Lipinski definition) is 3. The first-order chi connectivity index (χ1) is 9.08. The van der Waals surface area contributed by atoms with E-state index in [1.165, 1.54) is 0 Å². The molecule has 3 N–H and O–H groups in total. The molecule has 1 unspecified atom stereocenters. The highest BCUT2D eigenvalue weighted by molar-refractivity contribution is 5.77. The summed E-state index contributed by atoms with van der Waals surface area (Å²) >= 11 is 0. The third-order valence-corrected chi connectivity index (χ3v) is 3.01. The van der Waals surface area contributed by atoms with E-state index in [4.69, 9.17) is 5.73 Å². The SMILES string of the molecule is Cc1nc2ccccc2n1CCNC(=O)CC(C)N. The second-order valence-electron chi connectivity index (χ2n) is 4.83. The van der Waals surface area contributed by atoms with E-state index in [9.17, 15) is 4.79 Å². The van der Waals surface area contributed by atoms with Crippen LogP contribution in [0.3, 0.4) is 0 Å². The van der Waals surface area contributed by atoms with Gasteiger partial charge in [0.1, 0.15) is 5.82 Å². The largest absolute Gasteiger partial charge is 0.354 e. The Morgan fingerprint density at radius 3 is 2.95 bits per heavy atom. The van der Waals surface area contributed by atoms with Crippen molar-refractivity contribution in [1.82, 2.24) is 14.9 Å². The van der Waals surface area contributed by atoms with E-state index >= 15 is 0 Å². The minimum absolute atomic E-state index is 0.00271. The number of aryl methyl sites for hydroxylation is 1. The Morgan fingerprint density at radius 1 is 1.47 bits per heavy atom. The van der Waals surface area contributed by atoms with Gasteiger partial charge in [-0.25, -0.2) is 4.98 Å². The minimum Gasteiger partial charge on any atom is -0.354 e. The molecule has 1 atom stereocenters. The lowest BCUT2D eigenvalue weighted by atomic mass is 10.2. The normalized spacial score (nSPS) is 12.6. The molecular formula is C14H20N4O. The van der Waals surface area contributed by atoms with Gasteiger partial charge in [-0.3, -0.25) is 4.79 Å². The van der Waals surface area contributed by atoms with Gasteiger partial charge in [0.15, 0.2) is 0 Å². The van der Waals surface area contributed by atoms with Crippen LogP contribution in [0.25, 0.3) is 11.0 Å². The van der Waals surface area contributed by atoms with E-state index in [2.05, 4.69) is 14.9 Å². The maximum atomic E-state index is 11.5. The van der Waals surface area contributed by atoms with E-state index in [0.717, 1.165) is 23.4 Å². The topological polar surface area (TPSA) is 72.9 Å². The molecule has 2 rings (SSSR count). The summed E-state index contributed by atoms with van der Waals surface area (Å²) in [5, 5.41) is 2.88. The lowest BCUT2D eigenvalue weighted by molar-refractivity contribution is -0.121. The van der Waals surface area contributed by atoms with Crippen molar-refractivity contribution in [2.75, 3.05) is 6.54 Å². The van der Waals surface area contributed by atoms with Gasteiger partial charge in [0.25, 0.3) is 0 Å².